The summed E-state index contributed by atoms with van der Waals surface area (Å²) in [4.78, 5) is 25.2. The van der Waals surface area contributed by atoms with Crippen molar-refractivity contribution in [3.63, 3.8) is 0 Å². The van der Waals surface area contributed by atoms with Gasteiger partial charge in [-0.2, -0.15) is 0 Å². The molecule has 0 aliphatic carbocycles. The quantitative estimate of drug-likeness (QED) is 0.847. The van der Waals surface area contributed by atoms with Crippen molar-refractivity contribution in [3.8, 4) is 0 Å². The fourth-order valence-corrected chi connectivity index (χ4v) is 2.98. The number of carbonyl (C=O) groups excluding carboxylic acids is 2. The van der Waals surface area contributed by atoms with Gasteiger partial charge in [0.05, 0.1) is 12.1 Å². The number of amides is 2. The number of aliphatic hydroxyl groups excluding tert-OH is 1. The van der Waals surface area contributed by atoms with Crippen LogP contribution in [0.15, 0.2) is 18.2 Å². The standard InChI is InChI=1S/C18H24F2N2O4/c1-18(2,3)26-17(25)22-14(4-5-15(22)23)16(24)13(21)8-10-6-11(19)9-12(20)7-10/h6-7,9,13-14,16,24H,4-5,8,21H2,1-3H3/t13-,14+,16-/m0/s1. The highest BCUT2D eigenvalue weighted by Gasteiger charge is 2.43. The van der Waals surface area contributed by atoms with Crippen LogP contribution in [0.5, 0.6) is 0 Å². The molecule has 1 heterocycles. The number of aliphatic hydroxyl groups is 1. The molecule has 3 N–H and O–H groups in total. The smallest absolute Gasteiger partial charge is 0.417 e. The molecule has 2 amide bonds. The van der Waals surface area contributed by atoms with Crippen molar-refractivity contribution in [2.45, 2.75) is 63.8 Å². The molecular weight excluding hydrogens is 346 g/mol. The number of imide groups is 1. The summed E-state index contributed by atoms with van der Waals surface area (Å²) in [6.07, 6.45) is -1.77. The van der Waals surface area contributed by atoms with Crippen LogP contribution in [0, 0.1) is 11.6 Å². The van der Waals surface area contributed by atoms with Gasteiger partial charge in [-0.3, -0.25) is 4.79 Å². The minimum Gasteiger partial charge on any atom is -0.443 e. The molecule has 1 fully saturated rings. The molecule has 2 rings (SSSR count). The van der Waals surface area contributed by atoms with Gasteiger partial charge >= 0.3 is 6.09 Å². The fraction of sp³-hybridized carbons (Fsp3) is 0.556. The molecule has 1 aliphatic heterocycles. The van der Waals surface area contributed by atoms with Crippen LogP contribution in [0.25, 0.3) is 0 Å². The lowest BCUT2D eigenvalue weighted by atomic mass is 9.95. The number of rotatable bonds is 4. The number of likely N-dealkylation sites (tertiary alicyclic amines) is 1. The maximum Gasteiger partial charge on any atom is 0.417 e. The number of benzene rings is 1. The Balaban J connectivity index is 2.11. The lowest BCUT2D eigenvalue weighted by Gasteiger charge is -2.32. The van der Waals surface area contributed by atoms with E-state index in [9.17, 15) is 23.5 Å². The molecule has 144 valence electrons. The first-order chi connectivity index (χ1) is 12.0. The number of halogens is 2. The maximum absolute atomic E-state index is 13.3. The molecule has 3 atom stereocenters. The summed E-state index contributed by atoms with van der Waals surface area (Å²) < 4.78 is 31.8. The fourth-order valence-electron chi connectivity index (χ4n) is 2.98. The van der Waals surface area contributed by atoms with Crippen LogP contribution >= 0.6 is 0 Å². The van der Waals surface area contributed by atoms with Gasteiger partial charge in [-0.05, 0) is 51.3 Å². The number of nitrogens with two attached hydrogens (primary N) is 1. The molecule has 0 unspecified atom stereocenters. The first-order valence-electron chi connectivity index (χ1n) is 8.41. The Hall–Kier alpha value is -2.06. The second-order valence-corrected chi connectivity index (χ2v) is 7.49. The van der Waals surface area contributed by atoms with E-state index in [-0.39, 0.29) is 24.8 Å². The second-order valence-electron chi connectivity index (χ2n) is 7.49. The third kappa shape index (κ3) is 4.98. The average molecular weight is 370 g/mol. The molecule has 8 heteroatoms. The molecule has 0 bridgehead atoms. The van der Waals surface area contributed by atoms with Gasteiger partial charge in [0.25, 0.3) is 0 Å². The van der Waals surface area contributed by atoms with Gasteiger partial charge in [0, 0.05) is 18.5 Å². The van der Waals surface area contributed by atoms with Crippen LogP contribution in [0.4, 0.5) is 13.6 Å². The highest BCUT2D eigenvalue weighted by Crippen LogP contribution is 2.26. The summed E-state index contributed by atoms with van der Waals surface area (Å²) in [7, 11) is 0. The zero-order chi connectivity index (χ0) is 19.6. The SMILES string of the molecule is CC(C)(C)OC(=O)N1C(=O)CC[C@@H]1[C@@H](O)[C@@H](N)Cc1cc(F)cc(F)c1. The van der Waals surface area contributed by atoms with Gasteiger partial charge in [0.15, 0.2) is 0 Å². The Labute approximate surface area is 150 Å². The molecule has 1 aromatic rings. The van der Waals surface area contributed by atoms with Crippen LogP contribution in [0.2, 0.25) is 0 Å². The predicted molar refractivity (Wildman–Crippen MR) is 90.1 cm³/mol. The third-order valence-electron chi connectivity index (χ3n) is 4.07. The highest BCUT2D eigenvalue weighted by atomic mass is 19.1. The van der Waals surface area contributed by atoms with Crippen molar-refractivity contribution >= 4 is 12.0 Å². The lowest BCUT2D eigenvalue weighted by Crippen LogP contribution is -2.53. The van der Waals surface area contributed by atoms with E-state index in [1.165, 1.54) is 0 Å². The topological polar surface area (TPSA) is 92.9 Å². The number of hydrogen-bond acceptors (Lipinski definition) is 5. The number of nitrogens with zero attached hydrogens (tertiary/aromatic N) is 1. The van der Waals surface area contributed by atoms with E-state index in [2.05, 4.69) is 0 Å². The zero-order valence-corrected chi connectivity index (χ0v) is 15.0. The molecule has 0 spiro atoms. The summed E-state index contributed by atoms with van der Waals surface area (Å²) in [6, 6.07) is 1.23. The Morgan fingerprint density at radius 1 is 1.35 bits per heavy atom. The van der Waals surface area contributed by atoms with Gasteiger partial charge in [0.1, 0.15) is 17.2 Å². The number of ether oxygens (including phenoxy) is 1. The Kier molecular flexibility index (Phi) is 5.98. The van der Waals surface area contributed by atoms with Crippen LogP contribution in [0.1, 0.15) is 39.2 Å². The minimum atomic E-state index is -1.25. The van der Waals surface area contributed by atoms with Crippen LogP contribution in [-0.2, 0) is 16.0 Å². The molecule has 1 aromatic carbocycles. The summed E-state index contributed by atoms with van der Waals surface area (Å²) >= 11 is 0. The van der Waals surface area contributed by atoms with Crippen molar-refractivity contribution in [2.24, 2.45) is 5.73 Å². The normalized spacial score (nSPS) is 20.2. The molecule has 6 nitrogen and oxygen atoms in total. The summed E-state index contributed by atoms with van der Waals surface area (Å²) in [5.74, 6) is -1.94. The van der Waals surface area contributed by atoms with Crippen LogP contribution in [-0.4, -0.2) is 45.8 Å². The summed E-state index contributed by atoms with van der Waals surface area (Å²) in [5.41, 5.74) is 5.46. The lowest BCUT2D eigenvalue weighted by molar-refractivity contribution is -0.129. The molecule has 26 heavy (non-hydrogen) atoms. The summed E-state index contributed by atoms with van der Waals surface area (Å²) in [5, 5.41) is 10.5. The average Bonchev–Trinajstić information content (AvgIpc) is 2.85. The monoisotopic (exact) mass is 370 g/mol. The van der Waals surface area contributed by atoms with Crippen molar-refractivity contribution in [1.82, 2.24) is 4.90 Å². The van der Waals surface area contributed by atoms with Gasteiger partial charge in [-0.25, -0.2) is 18.5 Å². The van der Waals surface area contributed by atoms with E-state index in [1.54, 1.807) is 20.8 Å². The van der Waals surface area contributed by atoms with E-state index in [4.69, 9.17) is 10.5 Å². The number of carbonyl (C=O) groups is 2. The van der Waals surface area contributed by atoms with Crippen LogP contribution in [0.3, 0.4) is 0 Å². The maximum atomic E-state index is 13.3. The van der Waals surface area contributed by atoms with E-state index < -0.39 is 47.4 Å². The zero-order valence-electron chi connectivity index (χ0n) is 15.0. The molecule has 1 aliphatic rings. The molecule has 0 aromatic heterocycles. The van der Waals surface area contributed by atoms with Gasteiger partial charge < -0.3 is 15.6 Å². The third-order valence-corrected chi connectivity index (χ3v) is 4.07. The molecule has 1 saturated heterocycles. The van der Waals surface area contributed by atoms with E-state index in [1.807, 2.05) is 0 Å². The molecule has 0 saturated carbocycles. The first kappa shape index (κ1) is 20.3. The predicted octanol–water partition coefficient (Wildman–Crippen LogP) is 2.12. The van der Waals surface area contributed by atoms with E-state index >= 15 is 0 Å². The van der Waals surface area contributed by atoms with Crippen molar-refractivity contribution in [3.05, 3.63) is 35.4 Å². The Morgan fingerprint density at radius 2 is 1.92 bits per heavy atom. The molecule has 0 radical (unpaired) electrons. The van der Waals surface area contributed by atoms with Gasteiger partial charge in [0.2, 0.25) is 5.91 Å². The van der Waals surface area contributed by atoms with Gasteiger partial charge in [-0.15, -0.1) is 0 Å². The van der Waals surface area contributed by atoms with E-state index in [0.717, 1.165) is 23.1 Å². The highest BCUT2D eigenvalue weighted by molar-refractivity contribution is 5.94. The van der Waals surface area contributed by atoms with Crippen LogP contribution < -0.4 is 5.73 Å². The molecular formula is C18H24F2N2O4. The second kappa shape index (κ2) is 7.67. The summed E-state index contributed by atoms with van der Waals surface area (Å²) in [6.45, 7) is 5.00. The van der Waals surface area contributed by atoms with Gasteiger partial charge in [-0.1, -0.05) is 0 Å². The van der Waals surface area contributed by atoms with Crippen molar-refractivity contribution in [2.75, 3.05) is 0 Å². The van der Waals surface area contributed by atoms with E-state index in [0.29, 0.717) is 0 Å². The Morgan fingerprint density at radius 3 is 2.46 bits per heavy atom. The van der Waals surface area contributed by atoms with Crippen molar-refractivity contribution in [1.29, 1.82) is 0 Å². The number of hydrogen-bond donors (Lipinski definition) is 2. The first-order valence-corrected chi connectivity index (χ1v) is 8.41. The van der Waals surface area contributed by atoms with Crippen molar-refractivity contribution < 1.29 is 28.2 Å². The largest absolute Gasteiger partial charge is 0.443 e. The Bertz CT molecular complexity index is 670. The minimum absolute atomic E-state index is 0.0112.